The first-order chi connectivity index (χ1) is 8.44. The molecule has 0 atom stereocenters. The van der Waals surface area contributed by atoms with Crippen molar-refractivity contribution >= 4 is 39.2 Å². The molecule has 19 heavy (non-hydrogen) atoms. The summed E-state index contributed by atoms with van der Waals surface area (Å²) < 4.78 is 26.7. The first-order valence-corrected chi connectivity index (χ1v) is 7.44. The number of sulfonamides is 1. The van der Waals surface area contributed by atoms with Crippen LogP contribution in [-0.4, -0.2) is 25.0 Å². The molecule has 106 valence electrons. The predicted molar refractivity (Wildman–Crippen MR) is 73.5 cm³/mol. The van der Waals surface area contributed by atoms with E-state index in [0.29, 0.717) is 0 Å². The monoisotopic (exact) mass is 325 g/mol. The van der Waals surface area contributed by atoms with Gasteiger partial charge in [-0.05, 0) is 32.9 Å². The fourth-order valence-corrected chi connectivity index (χ4v) is 3.70. The van der Waals surface area contributed by atoms with Gasteiger partial charge in [-0.1, -0.05) is 23.2 Å². The molecule has 0 saturated carbocycles. The molecule has 1 aromatic rings. The van der Waals surface area contributed by atoms with Gasteiger partial charge in [0.25, 0.3) is 0 Å². The number of aromatic carboxylic acids is 1. The second-order valence-corrected chi connectivity index (χ2v) is 7.39. The summed E-state index contributed by atoms with van der Waals surface area (Å²) in [5.41, 5.74) is -1.09. The number of nitrogens with one attached hydrogen (secondary N) is 1. The van der Waals surface area contributed by atoms with Crippen molar-refractivity contribution in [1.82, 2.24) is 4.72 Å². The number of carbonyl (C=O) groups is 1. The lowest BCUT2D eigenvalue weighted by Crippen LogP contribution is -2.40. The van der Waals surface area contributed by atoms with E-state index in [4.69, 9.17) is 28.3 Å². The van der Waals surface area contributed by atoms with Crippen molar-refractivity contribution in [1.29, 1.82) is 0 Å². The van der Waals surface area contributed by atoms with Crippen LogP contribution >= 0.6 is 23.2 Å². The van der Waals surface area contributed by atoms with Gasteiger partial charge in [-0.2, -0.15) is 0 Å². The molecule has 0 bridgehead atoms. The normalized spacial score (nSPS) is 12.5. The highest BCUT2D eigenvalue weighted by molar-refractivity contribution is 7.89. The van der Waals surface area contributed by atoms with Crippen molar-refractivity contribution < 1.29 is 18.3 Å². The van der Waals surface area contributed by atoms with Crippen LogP contribution in [0.2, 0.25) is 10.0 Å². The molecule has 0 aromatic heterocycles. The molecule has 0 aliphatic heterocycles. The van der Waals surface area contributed by atoms with Crippen LogP contribution < -0.4 is 4.72 Å². The van der Waals surface area contributed by atoms with E-state index in [-0.39, 0.29) is 20.5 Å². The van der Waals surface area contributed by atoms with Crippen LogP contribution in [0.3, 0.4) is 0 Å². The lowest BCUT2D eigenvalue weighted by atomic mass is 10.1. The average molecular weight is 326 g/mol. The van der Waals surface area contributed by atoms with Gasteiger partial charge in [-0.15, -0.1) is 0 Å². The Kier molecular flexibility index (Phi) is 4.51. The van der Waals surface area contributed by atoms with E-state index in [2.05, 4.69) is 4.72 Å². The topological polar surface area (TPSA) is 83.5 Å². The van der Waals surface area contributed by atoms with Crippen LogP contribution in [0.25, 0.3) is 0 Å². The summed E-state index contributed by atoms with van der Waals surface area (Å²) in [7, 11) is -3.96. The van der Waals surface area contributed by atoms with Crippen molar-refractivity contribution in [3.63, 3.8) is 0 Å². The fraction of sp³-hybridized carbons (Fsp3) is 0.364. The number of carboxylic acid groups (broad SMARTS) is 1. The molecule has 1 rings (SSSR count). The van der Waals surface area contributed by atoms with E-state index in [1.807, 2.05) is 0 Å². The van der Waals surface area contributed by atoms with E-state index in [1.54, 1.807) is 20.8 Å². The summed E-state index contributed by atoms with van der Waals surface area (Å²) in [5.74, 6) is -1.35. The van der Waals surface area contributed by atoms with Gasteiger partial charge in [-0.3, -0.25) is 0 Å². The molecule has 0 saturated heterocycles. The highest BCUT2D eigenvalue weighted by Crippen LogP contribution is 2.30. The van der Waals surface area contributed by atoms with E-state index in [9.17, 15) is 13.2 Å². The summed E-state index contributed by atoms with van der Waals surface area (Å²) in [6.45, 7) is 4.96. The number of benzene rings is 1. The van der Waals surface area contributed by atoms with Crippen LogP contribution in [-0.2, 0) is 10.0 Å². The SMILES string of the molecule is CC(C)(C)NS(=O)(=O)c1cc(Cl)cc(C(=O)O)c1Cl. The molecule has 0 radical (unpaired) electrons. The minimum Gasteiger partial charge on any atom is -0.478 e. The van der Waals surface area contributed by atoms with Crippen LogP contribution in [0.5, 0.6) is 0 Å². The Labute approximate surface area is 121 Å². The van der Waals surface area contributed by atoms with Crippen LogP contribution in [0.4, 0.5) is 0 Å². The Balaban J connectivity index is 3.48. The van der Waals surface area contributed by atoms with Gasteiger partial charge < -0.3 is 5.11 Å². The highest BCUT2D eigenvalue weighted by Gasteiger charge is 2.27. The van der Waals surface area contributed by atoms with Gasteiger partial charge in [0, 0.05) is 10.6 Å². The number of halogens is 2. The molecule has 0 aliphatic rings. The third kappa shape index (κ3) is 4.07. The minimum absolute atomic E-state index is 0.0175. The maximum absolute atomic E-state index is 12.1. The number of hydrogen-bond donors (Lipinski definition) is 2. The maximum atomic E-state index is 12.1. The summed E-state index contributed by atoms with van der Waals surface area (Å²) >= 11 is 11.6. The van der Waals surface area contributed by atoms with Gasteiger partial charge in [0.2, 0.25) is 10.0 Å². The molecule has 8 heteroatoms. The quantitative estimate of drug-likeness (QED) is 0.895. The average Bonchev–Trinajstić information content (AvgIpc) is 2.16. The van der Waals surface area contributed by atoms with Crippen LogP contribution in [0.1, 0.15) is 31.1 Å². The van der Waals surface area contributed by atoms with Crippen molar-refractivity contribution in [2.75, 3.05) is 0 Å². The summed E-state index contributed by atoms with van der Waals surface area (Å²) in [6, 6.07) is 2.22. The zero-order valence-corrected chi connectivity index (χ0v) is 12.8. The van der Waals surface area contributed by atoms with Crippen molar-refractivity contribution in [3.05, 3.63) is 27.7 Å². The molecule has 0 aliphatic carbocycles. The van der Waals surface area contributed by atoms with E-state index >= 15 is 0 Å². The molecular weight excluding hydrogens is 313 g/mol. The highest BCUT2D eigenvalue weighted by atomic mass is 35.5. The molecule has 0 heterocycles. The molecule has 1 aromatic carbocycles. The van der Waals surface area contributed by atoms with Crippen LogP contribution in [0, 0.1) is 0 Å². The Bertz CT molecular complexity index is 620. The van der Waals surface area contributed by atoms with Gasteiger partial charge in [0.05, 0.1) is 10.6 Å². The standard InChI is InChI=1S/C11H13Cl2NO4S/c1-11(2,3)14-19(17,18)8-5-6(12)4-7(9(8)13)10(15)16/h4-5,14H,1-3H3,(H,15,16). The number of rotatable bonds is 3. The first-order valence-electron chi connectivity index (χ1n) is 5.20. The minimum atomic E-state index is -3.96. The van der Waals surface area contributed by atoms with Gasteiger partial charge in [0.1, 0.15) is 4.90 Å². The molecule has 5 nitrogen and oxygen atoms in total. The van der Waals surface area contributed by atoms with Gasteiger partial charge in [0.15, 0.2) is 0 Å². The van der Waals surface area contributed by atoms with Crippen LogP contribution in [0.15, 0.2) is 17.0 Å². The maximum Gasteiger partial charge on any atom is 0.337 e. The Hall–Kier alpha value is -0.820. The smallest absolute Gasteiger partial charge is 0.337 e. The second kappa shape index (κ2) is 5.28. The molecular formula is C11H13Cl2NO4S. The zero-order chi connectivity index (χ0) is 15.0. The third-order valence-corrected chi connectivity index (χ3v) is 4.48. The second-order valence-electron chi connectivity index (χ2n) is 4.93. The third-order valence-electron chi connectivity index (χ3n) is 1.96. The first kappa shape index (κ1) is 16.2. The predicted octanol–water partition coefficient (Wildman–Crippen LogP) is 2.77. The Morgan fingerprint density at radius 1 is 1.26 bits per heavy atom. The van der Waals surface area contributed by atoms with Gasteiger partial charge in [-0.25, -0.2) is 17.9 Å². The lowest BCUT2D eigenvalue weighted by molar-refractivity contribution is 0.0697. The Morgan fingerprint density at radius 2 is 1.79 bits per heavy atom. The largest absolute Gasteiger partial charge is 0.478 e. The molecule has 0 spiro atoms. The van der Waals surface area contributed by atoms with Crippen molar-refractivity contribution in [2.24, 2.45) is 0 Å². The lowest BCUT2D eigenvalue weighted by Gasteiger charge is -2.21. The van der Waals surface area contributed by atoms with Crippen molar-refractivity contribution in [3.8, 4) is 0 Å². The molecule has 0 unspecified atom stereocenters. The van der Waals surface area contributed by atoms with E-state index < -0.39 is 21.5 Å². The number of hydrogen-bond acceptors (Lipinski definition) is 3. The molecule has 0 amide bonds. The Morgan fingerprint density at radius 3 is 2.21 bits per heavy atom. The fourth-order valence-electron chi connectivity index (χ4n) is 1.37. The molecule has 0 fully saturated rings. The van der Waals surface area contributed by atoms with E-state index in [0.717, 1.165) is 12.1 Å². The number of carboxylic acids is 1. The molecule has 2 N–H and O–H groups in total. The van der Waals surface area contributed by atoms with Gasteiger partial charge >= 0.3 is 5.97 Å². The van der Waals surface area contributed by atoms with Crippen molar-refractivity contribution in [2.45, 2.75) is 31.2 Å². The van der Waals surface area contributed by atoms with E-state index in [1.165, 1.54) is 0 Å². The zero-order valence-electron chi connectivity index (χ0n) is 10.5. The summed E-state index contributed by atoms with van der Waals surface area (Å²) in [4.78, 5) is 10.6. The summed E-state index contributed by atoms with van der Waals surface area (Å²) in [5, 5.41) is 8.57. The summed E-state index contributed by atoms with van der Waals surface area (Å²) in [6.07, 6.45) is 0.